The van der Waals surface area contributed by atoms with Crippen molar-refractivity contribution in [1.29, 1.82) is 0 Å². The molecule has 80 valence electrons. The van der Waals surface area contributed by atoms with Crippen LogP contribution in [0.3, 0.4) is 0 Å². The van der Waals surface area contributed by atoms with Crippen molar-refractivity contribution in [3.8, 4) is 0 Å². The zero-order chi connectivity index (χ0) is 10.1. The molecule has 0 amide bonds. The molecule has 0 radical (unpaired) electrons. The Morgan fingerprint density at radius 3 is 2.13 bits per heavy atom. The molecular formula is C15H20. The molecule has 0 saturated carbocycles. The van der Waals surface area contributed by atoms with Gasteiger partial charge in [0.1, 0.15) is 0 Å². The lowest BCUT2D eigenvalue weighted by atomic mass is 9.98. The lowest BCUT2D eigenvalue weighted by molar-refractivity contribution is 0.869. The van der Waals surface area contributed by atoms with Crippen molar-refractivity contribution in [3.05, 3.63) is 47.5 Å². The van der Waals surface area contributed by atoms with Gasteiger partial charge in [0.25, 0.3) is 0 Å². The molecule has 0 N–H and O–H groups in total. The van der Waals surface area contributed by atoms with Crippen LogP contribution in [0.1, 0.15) is 38.3 Å². The van der Waals surface area contributed by atoms with E-state index in [1.54, 1.807) is 0 Å². The molecule has 0 saturated heterocycles. The normalized spacial score (nSPS) is 10.4. The fraction of sp³-hybridized carbons (Fsp3) is 0.333. The van der Waals surface area contributed by atoms with E-state index >= 15 is 0 Å². The van der Waals surface area contributed by atoms with E-state index in [-0.39, 0.29) is 7.43 Å². The van der Waals surface area contributed by atoms with Crippen molar-refractivity contribution in [2.45, 2.75) is 34.1 Å². The van der Waals surface area contributed by atoms with Gasteiger partial charge in [0.2, 0.25) is 0 Å². The molecule has 0 fully saturated rings. The van der Waals surface area contributed by atoms with Crippen molar-refractivity contribution in [3.63, 3.8) is 0 Å². The summed E-state index contributed by atoms with van der Waals surface area (Å²) in [6.07, 6.45) is 0. The zero-order valence-corrected chi connectivity index (χ0v) is 9.04. The van der Waals surface area contributed by atoms with E-state index in [4.69, 9.17) is 0 Å². The van der Waals surface area contributed by atoms with Gasteiger partial charge in [0.05, 0.1) is 0 Å². The van der Waals surface area contributed by atoms with Crippen LogP contribution in [0.4, 0.5) is 0 Å². The number of fused-ring (bicyclic) bond motifs is 1. The highest BCUT2D eigenvalue weighted by molar-refractivity contribution is 5.83. The monoisotopic (exact) mass is 200 g/mol. The predicted molar refractivity (Wildman–Crippen MR) is 69.5 cm³/mol. The molecule has 0 unspecified atom stereocenters. The van der Waals surface area contributed by atoms with Crippen molar-refractivity contribution >= 4 is 10.8 Å². The molecule has 0 aliphatic heterocycles. The third-order valence-electron chi connectivity index (χ3n) is 2.69. The molecule has 0 spiro atoms. The second kappa shape index (κ2) is 4.48. The van der Waals surface area contributed by atoms with Gasteiger partial charge in [-0.15, -0.1) is 0 Å². The van der Waals surface area contributed by atoms with Gasteiger partial charge in [-0.25, -0.2) is 0 Å². The van der Waals surface area contributed by atoms with Crippen LogP contribution in [-0.4, -0.2) is 0 Å². The topological polar surface area (TPSA) is 0 Å². The van der Waals surface area contributed by atoms with E-state index < -0.39 is 0 Å². The van der Waals surface area contributed by atoms with Gasteiger partial charge >= 0.3 is 0 Å². The molecule has 2 aromatic rings. The maximum absolute atomic E-state index is 2.29. The molecule has 0 aromatic heterocycles. The van der Waals surface area contributed by atoms with Gasteiger partial charge in [-0.05, 0) is 29.2 Å². The largest absolute Gasteiger partial charge is 0.0776 e. The maximum atomic E-state index is 2.29. The van der Waals surface area contributed by atoms with Crippen LogP contribution in [0.2, 0.25) is 0 Å². The highest BCUT2D eigenvalue weighted by atomic mass is 14.0. The SMILES string of the molecule is C.Cc1ccc2cc(C(C)C)ccc2c1. The number of benzene rings is 2. The van der Waals surface area contributed by atoms with Crippen molar-refractivity contribution in [2.24, 2.45) is 0 Å². The van der Waals surface area contributed by atoms with Gasteiger partial charge in [-0.1, -0.05) is 63.2 Å². The lowest BCUT2D eigenvalue weighted by Gasteiger charge is -2.07. The second-order valence-electron chi connectivity index (χ2n) is 4.26. The highest BCUT2D eigenvalue weighted by Gasteiger charge is 2.00. The van der Waals surface area contributed by atoms with E-state index in [1.165, 1.54) is 21.9 Å². The molecule has 0 aliphatic carbocycles. The van der Waals surface area contributed by atoms with Crippen LogP contribution in [-0.2, 0) is 0 Å². The summed E-state index contributed by atoms with van der Waals surface area (Å²) in [5.74, 6) is 0.612. The second-order valence-corrected chi connectivity index (χ2v) is 4.26. The van der Waals surface area contributed by atoms with Crippen LogP contribution in [0.5, 0.6) is 0 Å². The standard InChI is InChI=1S/C14H16.CH4/c1-10(2)12-6-7-13-8-11(3)4-5-14(13)9-12;/h4-10H,1-3H3;1H4. The summed E-state index contributed by atoms with van der Waals surface area (Å²) >= 11 is 0. The van der Waals surface area contributed by atoms with E-state index in [0.29, 0.717) is 5.92 Å². The minimum atomic E-state index is 0. The summed E-state index contributed by atoms with van der Waals surface area (Å²) in [7, 11) is 0. The molecule has 0 bridgehead atoms. The van der Waals surface area contributed by atoms with Gasteiger partial charge in [-0.2, -0.15) is 0 Å². The summed E-state index contributed by atoms with van der Waals surface area (Å²) in [4.78, 5) is 0. The first-order chi connectivity index (χ1) is 6.66. The summed E-state index contributed by atoms with van der Waals surface area (Å²) in [6, 6.07) is 13.4. The minimum absolute atomic E-state index is 0. The summed E-state index contributed by atoms with van der Waals surface area (Å²) in [5, 5.41) is 2.69. The number of aryl methyl sites for hydroxylation is 1. The number of hydrogen-bond acceptors (Lipinski definition) is 0. The summed E-state index contributed by atoms with van der Waals surface area (Å²) < 4.78 is 0. The Morgan fingerprint density at radius 2 is 1.47 bits per heavy atom. The molecule has 0 atom stereocenters. The highest BCUT2D eigenvalue weighted by Crippen LogP contribution is 2.21. The Morgan fingerprint density at radius 1 is 0.867 bits per heavy atom. The van der Waals surface area contributed by atoms with E-state index in [0.717, 1.165) is 0 Å². The molecule has 0 aliphatic rings. The van der Waals surface area contributed by atoms with E-state index in [2.05, 4.69) is 57.2 Å². The van der Waals surface area contributed by atoms with Gasteiger partial charge in [0, 0.05) is 0 Å². The number of hydrogen-bond donors (Lipinski definition) is 0. The lowest BCUT2D eigenvalue weighted by Crippen LogP contribution is -1.86. The molecule has 15 heavy (non-hydrogen) atoms. The summed E-state index contributed by atoms with van der Waals surface area (Å²) in [5.41, 5.74) is 2.75. The average molecular weight is 200 g/mol. The Bertz CT molecular complexity index is 453. The molecule has 0 heteroatoms. The zero-order valence-electron chi connectivity index (χ0n) is 9.04. The van der Waals surface area contributed by atoms with Crippen molar-refractivity contribution in [2.75, 3.05) is 0 Å². The van der Waals surface area contributed by atoms with Gasteiger partial charge in [0.15, 0.2) is 0 Å². The average Bonchev–Trinajstić information content (AvgIpc) is 2.16. The summed E-state index contributed by atoms with van der Waals surface area (Å²) in [6.45, 7) is 6.60. The first-order valence-electron chi connectivity index (χ1n) is 5.17. The maximum Gasteiger partial charge on any atom is -0.0181 e. The Kier molecular flexibility index (Phi) is 3.52. The van der Waals surface area contributed by atoms with Crippen LogP contribution in [0.15, 0.2) is 36.4 Å². The number of rotatable bonds is 1. The first kappa shape index (κ1) is 11.8. The third kappa shape index (κ3) is 2.38. The fourth-order valence-corrected chi connectivity index (χ4v) is 1.74. The molecule has 0 heterocycles. The molecular weight excluding hydrogens is 180 g/mol. The quantitative estimate of drug-likeness (QED) is 0.613. The molecule has 0 nitrogen and oxygen atoms in total. The van der Waals surface area contributed by atoms with Gasteiger partial charge in [-0.3, -0.25) is 0 Å². The third-order valence-corrected chi connectivity index (χ3v) is 2.69. The molecule has 2 aromatic carbocycles. The van der Waals surface area contributed by atoms with Gasteiger partial charge < -0.3 is 0 Å². The van der Waals surface area contributed by atoms with E-state index in [9.17, 15) is 0 Å². The smallest absolute Gasteiger partial charge is 0.0181 e. The van der Waals surface area contributed by atoms with Crippen LogP contribution in [0, 0.1) is 6.92 Å². The Hall–Kier alpha value is -1.30. The van der Waals surface area contributed by atoms with Crippen molar-refractivity contribution in [1.82, 2.24) is 0 Å². The van der Waals surface area contributed by atoms with Crippen LogP contribution in [0.25, 0.3) is 10.8 Å². The van der Waals surface area contributed by atoms with Crippen LogP contribution < -0.4 is 0 Å². The van der Waals surface area contributed by atoms with E-state index in [1.807, 2.05) is 0 Å². The first-order valence-corrected chi connectivity index (χ1v) is 5.17. The Balaban J connectivity index is 0.00000112. The minimum Gasteiger partial charge on any atom is -0.0776 e. The Labute approximate surface area is 92.9 Å². The fourth-order valence-electron chi connectivity index (χ4n) is 1.74. The van der Waals surface area contributed by atoms with Crippen molar-refractivity contribution < 1.29 is 0 Å². The van der Waals surface area contributed by atoms with Crippen LogP contribution >= 0.6 is 0 Å². The predicted octanol–water partition coefficient (Wildman–Crippen LogP) is 4.91. The molecule has 2 rings (SSSR count).